The summed E-state index contributed by atoms with van der Waals surface area (Å²) in [7, 11) is 0. The summed E-state index contributed by atoms with van der Waals surface area (Å²) in [5.41, 5.74) is 3.02. The Morgan fingerprint density at radius 2 is 1.89 bits per heavy atom. The van der Waals surface area contributed by atoms with Gasteiger partial charge in [-0.3, -0.25) is 4.79 Å². The van der Waals surface area contributed by atoms with E-state index in [4.69, 9.17) is 4.74 Å². The van der Waals surface area contributed by atoms with Crippen molar-refractivity contribution in [2.24, 2.45) is 0 Å². The Morgan fingerprint density at radius 1 is 1.16 bits per heavy atom. The second-order valence-corrected chi connectivity index (χ2v) is 4.82. The highest BCUT2D eigenvalue weighted by Gasteiger charge is 2.30. The van der Waals surface area contributed by atoms with Crippen LogP contribution in [0.2, 0.25) is 0 Å². The number of para-hydroxylation sites is 1. The van der Waals surface area contributed by atoms with Crippen molar-refractivity contribution in [2.45, 2.75) is 19.3 Å². The van der Waals surface area contributed by atoms with Crippen LogP contribution in [-0.2, 0) is 6.42 Å². The number of ether oxygens (including phenoxy) is 1. The number of carbonyl (C=O) groups excluding carboxylic acids is 1. The molecule has 96 valence electrons. The number of hydrogen-bond donors (Lipinski definition) is 0. The predicted octanol–water partition coefficient (Wildman–Crippen LogP) is 3.61. The quantitative estimate of drug-likeness (QED) is 0.780. The van der Waals surface area contributed by atoms with Crippen molar-refractivity contribution < 1.29 is 9.53 Å². The van der Waals surface area contributed by atoms with Gasteiger partial charge in [-0.2, -0.15) is 0 Å². The standard InChI is InChI=1S/C17H16O2/c1-2-12-7-9-13(10-8-12)17(18)15-11-19-16-6-4-3-5-14(15)16/h3-10,15H,2,11H2,1H3. The molecule has 0 saturated carbocycles. The lowest BCUT2D eigenvalue weighted by Crippen LogP contribution is -2.14. The van der Waals surface area contributed by atoms with E-state index < -0.39 is 0 Å². The zero-order valence-corrected chi connectivity index (χ0v) is 10.9. The number of Topliss-reactive ketones (excluding diaryl/α,β-unsaturated/α-hetero) is 1. The molecule has 0 saturated heterocycles. The van der Waals surface area contributed by atoms with Gasteiger partial charge >= 0.3 is 0 Å². The molecule has 2 aromatic rings. The normalized spacial score (nSPS) is 16.8. The van der Waals surface area contributed by atoms with Gasteiger partial charge in [0.2, 0.25) is 0 Å². The number of rotatable bonds is 3. The van der Waals surface area contributed by atoms with Gasteiger partial charge in [-0.05, 0) is 18.1 Å². The number of hydrogen-bond acceptors (Lipinski definition) is 2. The maximum Gasteiger partial charge on any atom is 0.173 e. The minimum absolute atomic E-state index is 0.146. The van der Waals surface area contributed by atoms with E-state index in [-0.39, 0.29) is 11.7 Å². The van der Waals surface area contributed by atoms with Gasteiger partial charge < -0.3 is 4.74 Å². The van der Waals surface area contributed by atoms with Crippen LogP contribution in [0.15, 0.2) is 48.5 Å². The lowest BCUT2D eigenvalue weighted by atomic mass is 9.92. The molecule has 2 heteroatoms. The van der Waals surface area contributed by atoms with Crippen molar-refractivity contribution >= 4 is 5.78 Å². The highest BCUT2D eigenvalue weighted by atomic mass is 16.5. The first-order valence-corrected chi connectivity index (χ1v) is 6.64. The van der Waals surface area contributed by atoms with Crippen LogP contribution in [0.3, 0.4) is 0 Å². The van der Waals surface area contributed by atoms with Gasteiger partial charge in [0.1, 0.15) is 12.4 Å². The summed E-state index contributed by atoms with van der Waals surface area (Å²) in [5, 5.41) is 0. The Hall–Kier alpha value is -2.09. The SMILES string of the molecule is CCc1ccc(C(=O)C2COc3ccccc32)cc1. The minimum Gasteiger partial charge on any atom is -0.492 e. The molecule has 1 unspecified atom stereocenters. The zero-order valence-electron chi connectivity index (χ0n) is 10.9. The molecule has 1 aliphatic heterocycles. The van der Waals surface area contributed by atoms with E-state index in [0.717, 1.165) is 23.3 Å². The monoisotopic (exact) mass is 252 g/mol. The van der Waals surface area contributed by atoms with E-state index in [0.29, 0.717) is 6.61 Å². The van der Waals surface area contributed by atoms with Gasteiger partial charge in [-0.25, -0.2) is 0 Å². The third-order valence-corrected chi connectivity index (χ3v) is 3.66. The maximum absolute atomic E-state index is 12.5. The van der Waals surface area contributed by atoms with E-state index in [9.17, 15) is 4.79 Å². The van der Waals surface area contributed by atoms with Crippen molar-refractivity contribution in [3.63, 3.8) is 0 Å². The first kappa shape index (κ1) is 12.0. The van der Waals surface area contributed by atoms with Crippen molar-refractivity contribution in [3.8, 4) is 5.75 Å². The molecule has 1 aliphatic rings. The first-order valence-electron chi connectivity index (χ1n) is 6.64. The largest absolute Gasteiger partial charge is 0.492 e. The summed E-state index contributed by atoms with van der Waals surface area (Å²) in [5.74, 6) is 0.822. The third-order valence-electron chi connectivity index (χ3n) is 3.66. The molecule has 0 bridgehead atoms. The van der Waals surface area contributed by atoms with Crippen molar-refractivity contribution in [2.75, 3.05) is 6.61 Å². The fourth-order valence-corrected chi connectivity index (χ4v) is 2.49. The molecule has 19 heavy (non-hydrogen) atoms. The molecule has 2 aromatic carbocycles. The Balaban J connectivity index is 1.89. The zero-order chi connectivity index (χ0) is 13.2. The maximum atomic E-state index is 12.5. The van der Waals surface area contributed by atoms with Crippen LogP contribution in [0.4, 0.5) is 0 Å². The summed E-state index contributed by atoms with van der Waals surface area (Å²) in [6.07, 6.45) is 0.990. The molecular weight excluding hydrogens is 236 g/mol. The number of fused-ring (bicyclic) bond motifs is 1. The van der Waals surface area contributed by atoms with E-state index >= 15 is 0 Å². The fraction of sp³-hybridized carbons (Fsp3) is 0.235. The Bertz CT molecular complexity index is 599. The third kappa shape index (κ3) is 2.14. The van der Waals surface area contributed by atoms with Crippen LogP contribution in [-0.4, -0.2) is 12.4 Å². The van der Waals surface area contributed by atoms with Crippen molar-refractivity contribution in [1.29, 1.82) is 0 Å². The van der Waals surface area contributed by atoms with Gasteiger partial charge in [-0.1, -0.05) is 49.4 Å². The van der Waals surface area contributed by atoms with E-state index in [1.54, 1.807) is 0 Å². The lowest BCUT2D eigenvalue weighted by Gasteiger charge is -2.08. The smallest absolute Gasteiger partial charge is 0.173 e. The lowest BCUT2D eigenvalue weighted by molar-refractivity contribution is 0.0947. The number of benzene rings is 2. The number of ketones is 1. The molecule has 0 spiro atoms. The second kappa shape index (κ2) is 4.88. The van der Waals surface area contributed by atoms with Crippen LogP contribution in [0.25, 0.3) is 0 Å². The average molecular weight is 252 g/mol. The first-order chi connectivity index (χ1) is 9.29. The number of carbonyl (C=O) groups is 1. The van der Waals surface area contributed by atoms with Crippen LogP contribution in [0.5, 0.6) is 5.75 Å². The van der Waals surface area contributed by atoms with Crippen LogP contribution in [0, 0.1) is 0 Å². The predicted molar refractivity (Wildman–Crippen MR) is 74.8 cm³/mol. The Morgan fingerprint density at radius 3 is 2.63 bits per heavy atom. The fourth-order valence-electron chi connectivity index (χ4n) is 2.49. The highest BCUT2D eigenvalue weighted by Crippen LogP contribution is 2.35. The molecular formula is C17H16O2. The average Bonchev–Trinajstić information content (AvgIpc) is 2.90. The van der Waals surface area contributed by atoms with Crippen LogP contribution >= 0.6 is 0 Å². The number of aryl methyl sites for hydroxylation is 1. The molecule has 0 amide bonds. The van der Waals surface area contributed by atoms with Gasteiger partial charge in [0.05, 0.1) is 5.92 Å². The van der Waals surface area contributed by atoms with Crippen LogP contribution < -0.4 is 4.74 Å². The highest BCUT2D eigenvalue weighted by molar-refractivity contribution is 6.01. The van der Waals surface area contributed by atoms with E-state index in [1.165, 1.54) is 5.56 Å². The molecule has 1 atom stereocenters. The molecule has 0 radical (unpaired) electrons. The summed E-state index contributed by atoms with van der Waals surface area (Å²) in [6.45, 7) is 2.56. The molecule has 0 N–H and O–H groups in total. The van der Waals surface area contributed by atoms with Gasteiger partial charge in [0.15, 0.2) is 5.78 Å². The molecule has 0 aliphatic carbocycles. The summed E-state index contributed by atoms with van der Waals surface area (Å²) in [6, 6.07) is 15.7. The molecule has 1 heterocycles. The minimum atomic E-state index is -0.163. The molecule has 0 fully saturated rings. The molecule has 0 aromatic heterocycles. The van der Waals surface area contributed by atoms with E-state index in [2.05, 4.69) is 6.92 Å². The Kier molecular flexibility index (Phi) is 3.08. The summed E-state index contributed by atoms with van der Waals surface area (Å²) >= 11 is 0. The van der Waals surface area contributed by atoms with Gasteiger partial charge in [-0.15, -0.1) is 0 Å². The summed E-state index contributed by atoms with van der Waals surface area (Å²) < 4.78 is 5.58. The van der Waals surface area contributed by atoms with E-state index in [1.807, 2.05) is 48.5 Å². The Labute approximate surface area is 113 Å². The molecule has 2 nitrogen and oxygen atoms in total. The van der Waals surface area contributed by atoms with Crippen molar-refractivity contribution in [3.05, 3.63) is 65.2 Å². The van der Waals surface area contributed by atoms with Crippen LogP contribution in [0.1, 0.15) is 34.3 Å². The van der Waals surface area contributed by atoms with Gasteiger partial charge in [0, 0.05) is 11.1 Å². The second-order valence-electron chi connectivity index (χ2n) is 4.82. The topological polar surface area (TPSA) is 26.3 Å². The molecule has 3 rings (SSSR count). The summed E-state index contributed by atoms with van der Waals surface area (Å²) in [4.78, 5) is 12.5. The van der Waals surface area contributed by atoms with Crippen molar-refractivity contribution in [1.82, 2.24) is 0 Å². The van der Waals surface area contributed by atoms with Gasteiger partial charge in [0.25, 0.3) is 0 Å².